The average Bonchev–Trinajstić information content (AvgIpc) is 2.93. The van der Waals surface area contributed by atoms with Gasteiger partial charge in [0.1, 0.15) is 0 Å². The monoisotopic (exact) mass is 414 g/mol. The first-order valence-electron chi connectivity index (χ1n) is 7.83. The molecular weight excluding hydrogens is 396 g/mol. The third kappa shape index (κ3) is 6.05. The van der Waals surface area contributed by atoms with Crippen molar-refractivity contribution in [1.82, 2.24) is 15.5 Å². The highest BCUT2D eigenvalue weighted by molar-refractivity contribution is 8.14. The van der Waals surface area contributed by atoms with Gasteiger partial charge in [-0.3, -0.25) is 24.1 Å². The Kier molecular flexibility index (Phi) is 6.93. The summed E-state index contributed by atoms with van der Waals surface area (Å²) < 4.78 is 22.3. The number of rotatable bonds is 7. The molecule has 1 saturated heterocycles. The number of imide groups is 1. The first kappa shape index (κ1) is 20.9. The molecule has 1 aromatic rings. The number of nitrogens with one attached hydrogen (secondary N) is 2. The zero-order valence-corrected chi connectivity index (χ0v) is 15.8. The number of nitrogens with two attached hydrogens (primary N) is 1. The maximum Gasteiger partial charge on any atom is 0.309 e. The van der Waals surface area contributed by atoms with E-state index in [0.717, 1.165) is 22.2 Å². The van der Waals surface area contributed by atoms with Crippen molar-refractivity contribution in [3.05, 3.63) is 29.8 Å². The molecule has 0 bridgehead atoms. The van der Waals surface area contributed by atoms with E-state index in [1.807, 2.05) is 0 Å². The molecule has 27 heavy (non-hydrogen) atoms. The number of amides is 4. The predicted octanol–water partition coefficient (Wildman–Crippen LogP) is -1.20. The molecular formula is C15H18N4O6S2. The van der Waals surface area contributed by atoms with Crippen LogP contribution in [0.25, 0.3) is 0 Å². The molecule has 4 amide bonds. The highest BCUT2D eigenvalue weighted by atomic mass is 32.2. The topological polar surface area (TPSA) is 156 Å². The van der Waals surface area contributed by atoms with Gasteiger partial charge < -0.3 is 10.6 Å². The summed E-state index contributed by atoms with van der Waals surface area (Å²) in [6.45, 7) is 0.167. The summed E-state index contributed by atoms with van der Waals surface area (Å²) in [6.07, 6.45) is 0.387. The van der Waals surface area contributed by atoms with Gasteiger partial charge in [-0.1, -0.05) is 23.9 Å². The lowest BCUT2D eigenvalue weighted by Gasteiger charge is -2.13. The summed E-state index contributed by atoms with van der Waals surface area (Å²) in [4.78, 5) is 47.2. The smallest absolute Gasteiger partial charge is 0.309 e. The second-order valence-corrected chi connectivity index (χ2v) is 8.04. The van der Waals surface area contributed by atoms with Gasteiger partial charge in [0.25, 0.3) is 5.24 Å². The largest absolute Gasteiger partial charge is 0.348 e. The van der Waals surface area contributed by atoms with Crippen molar-refractivity contribution >= 4 is 44.7 Å². The molecule has 0 aliphatic carbocycles. The predicted molar refractivity (Wildman–Crippen MR) is 97.1 cm³/mol. The van der Waals surface area contributed by atoms with Crippen LogP contribution in [0.4, 0.5) is 4.79 Å². The number of sulfonamides is 1. The van der Waals surface area contributed by atoms with Crippen LogP contribution in [0, 0.1) is 0 Å². The lowest BCUT2D eigenvalue weighted by atomic mass is 10.1. The van der Waals surface area contributed by atoms with Gasteiger partial charge in [0.2, 0.25) is 15.9 Å². The number of benzene rings is 1. The molecule has 2 rings (SSSR count). The van der Waals surface area contributed by atoms with Crippen LogP contribution in [-0.2, 0) is 30.8 Å². The molecule has 0 unspecified atom stereocenters. The number of hydrogen-bond acceptors (Lipinski definition) is 7. The van der Waals surface area contributed by atoms with E-state index in [-0.39, 0.29) is 41.4 Å². The second kappa shape index (κ2) is 8.97. The number of hydrogen-bond donors (Lipinski definition) is 3. The fourth-order valence-electron chi connectivity index (χ4n) is 2.21. The molecule has 146 valence electrons. The molecule has 4 N–H and O–H groups in total. The van der Waals surface area contributed by atoms with Gasteiger partial charge in [-0.05, 0) is 24.1 Å². The molecule has 1 aliphatic heterocycles. The minimum atomic E-state index is -3.76. The fourth-order valence-corrected chi connectivity index (χ4v) is 3.47. The summed E-state index contributed by atoms with van der Waals surface area (Å²) in [5.41, 5.74) is 0.756. The highest BCUT2D eigenvalue weighted by Crippen LogP contribution is 2.17. The lowest BCUT2D eigenvalue weighted by molar-refractivity contribution is -0.139. The van der Waals surface area contributed by atoms with Gasteiger partial charge in [0.15, 0.2) is 0 Å². The molecule has 12 heteroatoms. The van der Waals surface area contributed by atoms with E-state index in [2.05, 4.69) is 10.6 Å². The van der Waals surface area contributed by atoms with Gasteiger partial charge in [-0.25, -0.2) is 13.6 Å². The molecule has 1 heterocycles. The Morgan fingerprint density at radius 1 is 1.07 bits per heavy atom. The summed E-state index contributed by atoms with van der Waals surface area (Å²) in [5, 5.41) is 9.40. The highest BCUT2D eigenvalue weighted by Gasteiger charge is 2.29. The van der Waals surface area contributed by atoms with Crippen molar-refractivity contribution in [1.29, 1.82) is 0 Å². The zero-order chi connectivity index (χ0) is 20.0. The van der Waals surface area contributed by atoms with Crippen LogP contribution in [0.15, 0.2) is 29.2 Å². The van der Waals surface area contributed by atoms with Crippen LogP contribution < -0.4 is 15.8 Å². The van der Waals surface area contributed by atoms with Crippen molar-refractivity contribution in [3.8, 4) is 0 Å². The Labute approximate surface area is 159 Å². The van der Waals surface area contributed by atoms with Gasteiger partial charge in [-0.2, -0.15) is 0 Å². The number of primary sulfonamides is 1. The Bertz CT molecular complexity index is 838. The number of carbonyl (C=O) groups is 4. The van der Waals surface area contributed by atoms with Crippen molar-refractivity contribution < 1.29 is 27.6 Å². The van der Waals surface area contributed by atoms with E-state index >= 15 is 0 Å². The maximum atomic E-state index is 11.7. The van der Waals surface area contributed by atoms with Crippen LogP contribution in [0.1, 0.15) is 5.56 Å². The van der Waals surface area contributed by atoms with Crippen LogP contribution in [0.5, 0.6) is 0 Å². The number of nitrogens with zero attached hydrogens (tertiary/aromatic N) is 1. The summed E-state index contributed by atoms with van der Waals surface area (Å²) in [6, 6.07) is 5.85. The van der Waals surface area contributed by atoms with Crippen LogP contribution in [0.2, 0.25) is 0 Å². The third-order valence-electron chi connectivity index (χ3n) is 3.62. The van der Waals surface area contributed by atoms with Gasteiger partial charge in [0.05, 0.1) is 10.6 Å². The second-order valence-electron chi connectivity index (χ2n) is 5.55. The van der Waals surface area contributed by atoms with Crippen molar-refractivity contribution in [2.24, 2.45) is 5.14 Å². The minimum Gasteiger partial charge on any atom is -0.348 e. The van der Waals surface area contributed by atoms with Crippen LogP contribution in [0.3, 0.4) is 0 Å². The number of carbonyl (C=O) groups excluding carboxylic acids is 4. The summed E-state index contributed by atoms with van der Waals surface area (Å²) in [7, 11) is -3.76. The SMILES string of the molecule is NS(=O)(=O)c1ccc(CCNC(=O)C(=O)NCCN2C(=O)CSC2=O)cc1. The third-order valence-corrected chi connectivity index (χ3v) is 5.41. The molecule has 0 aromatic heterocycles. The van der Waals surface area contributed by atoms with Gasteiger partial charge >= 0.3 is 11.8 Å². The Balaban J connectivity index is 1.69. The van der Waals surface area contributed by atoms with Gasteiger partial charge in [0, 0.05) is 19.6 Å². The molecule has 1 aliphatic rings. The summed E-state index contributed by atoms with van der Waals surface area (Å²) in [5.74, 6) is -1.95. The zero-order valence-electron chi connectivity index (χ0n) is 14.1. The average molecular weight is 414 g/mol. The molecule has 1 fully saturated rings. The molecule has 0 radical (unpaired) electrons. The Morgan fingerprint density at radius 3 is 2.19 bits per heavy atom. The van der Waals surface area contributed by atoms with Crippen LogP contribution >= 0.6 is 11.8 Å². The normalized spacial score (nSPS) is 14.3. The van der Waals surface area contributed by atoms with E-state index < -0.39 is 21.8 Å². The van der Waals surface area contributed by atoms with Crippen molar-refractivity contribution in [2.75, 3.05) is 25.4 Å². The maximum absolute atomic E-state index is 11.7. The molecule has 0 saturated carbocycles. The van der Waals surface area contributed by atoms with E-state index in [0.29, 0.717) is 6.42 Å². The summed E-state index contributed by atoms with van der Waals surface area (Å²) >= 11 is 0.895. The molecule has 0 spiro atoms. The fraction of sp³-hybridized carbons (Fsp3) is 0.333. The van der Waals surface area contributed by atoms with Crippen molar-refractivity contribution in [3.63, 3.8) is 0 Å². The minimum absolute atomic E-state index is 0.0111. The molecule has 10 nitrogen and oxygen atoms in total. The number of thioether (sulfide) groups is 1. The Hall–Kier alpha value is -2.44. The van der Waals surface area contributed by atoms with E-state index in [4.69, 9.17) is 5.14 Å². The van der Waals surface area contributed by atoms with Crippen LogP contribution in [-0.4, -0.2) is 61.7 Å². The molecule has 1 aromatic carbocycles. The Morgan fingerprint density at radius 2 is 1.67 bits per heavy atom. The first-order valence-corrected chi connectivity index (χ1v) is 10.4. The van der Waals surface area contributed by atoms with E-state index in [1.165, 1.54) is 12.1 Å². The van der Waals surface area contributed by atoms with Crippen molar-refractivity contribution in [2.45, 2.75) is 11.3 Å². The first-order chi connectivity index (χ1) is 12.7. The molecule has 0 atom stereocenters. The standard InChI is InChI=1S/C15H18N4O6S2/c16-27(24,25)11-3-1-10(2-4-11)5-6-17-13(21)14(22)18-7-8-19-12(20)9-26-15(19)23/h1-4H,5-9H2,(H,17,21)(H,18,22)(H2,16,24,25). The van der Waals surface area contributed by atoms with Gasteiger partial charge in [-0.15, -0.1) is 0 Å². The van der Waals surface area contributed by atoms with E-state index in [9.17, 15) is 27.6 Å². The quantitative estimate of drug-likeness (QED) is 0.473. The van der Waals surface area contributed by atoms with E-state index in [1.54, 1.807) is 12.1 Å². The lowest BCUT2D eigenvalue weighted by Crippen LogP contribution is -2.44.